The molecular weight excluding hydrogens is 286 g/mol. The molecule has 1 saturated heterocycles. The molecule has 0 amide bonds. The van der Waals surface area contributed by atoms with E-state index in [2.05, 4.69) is 20.3 Å². The number of rotatable bonds is 5. The van der Waals surface area contributed by atoms with Crippen molar-refractivity contribution in [3.63, 3.8) is 0 Å². The average molecular weight is 307 g/mol. The van der Waals surface area contributed by atoms with Gasteiger partial charge in [0.15, 0.2) is 5.82 Å². The van der Waals surface area contributed by atoms with Crippen LogP contribution in [0.1, 0.15) is 18.7 Å². The van der Waals surface area contributed by atoms with E-state index in [0.717, 1.165) is 42.3 Å². The Morgan fingerprint density at radius 2 is 2.24 bits per heavy atom. The Morgan fingerprint density at radius 3 is 2.95 bits per heavy atom. The van der Waals surface area contributed by atoms with E-state index >= 15 is 0 Å². The largest absolute Gasteiger partial charge is 0.384 e. The first kappa shape index (κ1) is 14.6. The molecule has 0 saturated carbocycles. The highest BCUT2D eigenvalue weighted by Gasteiger charge is 2.20. The van der Waals surface area contributed by atoms with Crippen LogP contribution >= 0.6 is 11.3 Å². The highest BCUT2D eigenvalue weighted by atomic mass is 32.1. The van der Waals surface area contributed by atoms with Crippen LogP contribution in [0.5, 0.6) is 0 Å². The zero-order chi connectivity index (χ0) is 14.7. The fourth-order valence-electron chi connectivity index (χ4n) is 2.83. The second-order valence-electron chi connectivity index (χ2n) is 5.45. The Morgan fingerprint density at radius 1 is 1.43 bits per heavy atom. The number of ether oxygens (including phenoxy) is 1. The maximum Gasteiger partial charge on any atom is 0.152 e. The predicted molar refractivity (Wildman–Crippen MR) is 85.1 cm³/mol. The molecule has 3 N–H and O–H groups in total. The second kappa shape index (κ2) is 6.65. The quantitative estimate of drug-likeness (QED) is 0.648. The lowest BCUT2D eigenvalue weighted by Gasteiger charge is -2.31. The van der Waals surface area contributed by atoms with Gasteiger partial charge in [-0.25, -0.2) is 15.8 Å². The molecule has 2 aromatic heterocycles. The number of nitrogens with two attached hydrogens (primary N) is 1. The first-order valence-electron chi connectivity index (χ1n) is 7.22. The van der Waals surface area contributed by atoms with E-state index in [1.807, 2.05) is 11.4 Å². The topological polar surface area (TPSA) is 76.3 Å². The van der Waals surface area contributed by atoms with Crippen LogP contribution in [-0.4, -0.2) is 41.7 Å². The molecule has 0 radical (unpaired) electrons. The molecule has 2 aromatic rings. The van der Waals surface area contributed by atoms with Crippen LogP contribution in [0.2, 0.25) is 0 Å². The summed E-state index contributed by atoms with van der Waals surface area (Å²) < 4.78 is 5.24. The third-order valence-corrected chi connectivity index (χ3v) is 4.79. The molecule has 1 aliphatic rings. The zero-order valence-electron chi connectivity index (χ0n) is 12.2. The van der Waals surface area contributed by atoms with Gasteiger partial charge < -0.3 is 10.2 Å². The van der Waals surface area contributed by atoms with Crippen molar-refractivity contribution in [2.45, 2.75) is 19.4 Å². The molecule has 6 nitrogen and oxygen atoms in total. The third-order valence-electron chi connectivity index (χ3n) is 3.98. The summed E-state index contributed by atoms with van der Waals surface area (Å²) >= 11 is 1.62. The van der Waals surface area contributed by atoms with Gasteiger partial charge in [0, 0.05) is 13.7 Å². The lowest BCUT2D eigenvalue weighted by Crippen LogP contribution is -2.35. The molecule has 3 rings (SSSR count). The van der Waals surface area contributed by atoms with Crippen LogP contribution in [-0.2, 0) is 11.3 Å². The van der Waals surface area contributed by atoms with Crippen LogP contribution < -0.4 is 11.3 Å². The summed E-state index contributed by atoms with van der Waals surface area (Å²) in [5.41, 5.74) is 2.68. The third kappa shape index (κ3) is 3.32. The molecule has 0 atom stereocenters. The van der Waals surface area contributed by atoms with Crippen molar-refractivity contribution in [3.8, 4) is 0 Å². The number of fused-ring (bicyclic) bond motifs is 1. The summed E-state index contributed by atoms with van der Waals surface area (Å²) in [7, 11) is 1.78. The second-order valence-corrected chi connectivity index (χ2v) is 6.34. The lowest BCUT2D eigenvalue weighted by molar-refractivity contribution is 0.0958. The van der Waals surface area contributed by atoms with Crippen molar-refractivity contribution in [3.05, 3.63) is 17.3 Å². The minimum absolute atomic E-state index is 0.688. The van der Waals surface area contributed by atoms with E-state index in [4.69, 9.17) is 10.6 Å². The normalized spacial score (nSPS) is 17.4. The SMILES string of the molecule is COCC1CCN(Cc2nc(NN)c3ccsc3n2)CC1. The molecule has 1 aliphatic heterocycles. The number of nitrogens with one attached hydrogen (secondary N) is 1. The Balaban J connectivity index is 1.68. The number of hydrogen-bond donors (Lipinski definition) is 2. The van der Waals surface area contributed by atoms with Gasteiger partial charge in [0.1, 0.15) is 10.7 Å². The molecular formula is C14H21N5OS. The summed E-state index contributed by atoms with van der Waals surface area (Å²) in [5, 5.41) is 3.00. The molecule has 0 aliphatic carbocycles. The van der Waals surface area contributed by atoms with Gasteiger partial charge in [-0.1, -0.05) is 0 Å². The molecule has 0 aromatic carbocycles. The van der Waals surface area contributed by atoms with Gasteiger partial charge in [-0.3, -0.25) is 4.90 Å². The number of anilines is 1. The monoisotopic (exact) mass is 307 g/mol. The number of nitrogen functional groups attached to an aromatic ring is 1. The summed E-state index contributed by atoms with van der Waals surface area (Å²) in [4.78, 5) is 12.6. The average Bonchev–Trinajstić information content (AvgIpc) is 2.97. The van der Waals surface area contributed by atoms with Crippen LogP contribution in [0.4, 0.5) is 5.82 Å². The van der Waals surface area contributed by atoms with Crippen LogP contribution in [0.15, 0.2) is 11.4 Å². The van der Waals surface area contributed by atoms with E-state index in [9.17, 15) is 0 Å². The number of methoxy groups -OCH3 is 1. The van der Waals surface area contributed by atoms with Gasteiger partial charge in [0.25, 0.3) is 0 Å². The fourth-order valence-corrected chi connectivity index (χ4v) is 3.61. The summed E-state index contributed by atoms with van der Waals surface area (Å²) in [6.45, 7) is 3.80. The first-order valence-corrected chi connectivity index (χ1v) is 8.10. The number of piperidine rings is 1. The molecule has 3 heterocycles. The van der Waals surface area contributed by atoms with E-state index in [-0.39, 0.29) is 0 Å². The smallest absolute Gasteiger partial charge is 0.152 e. The first-order chi connectivity index (χ1) is 10.3. The zero-order valence-corrected chi connectivity index (χ0v) is 13.0. The standard InChI is InChI=1S/C14H21N5OS/c1-20-9-10-2-5-19(6-3-10)8-12-16-13(18-15)11-4-7-21-14(11)17-12/h4,7,10H,2-3,5-6,8-9,15H2,1H3,(H,16,17,18). The van der Waals surface area contributed by atoms with Gasteiger partial charge in [0.05, 0.1) is 11.9 Å². The van der Waals surface area contributed by atoms with Crippen molar-refractivity contribution in [2.24, 2.45) is 11.8 Å². The van der Waals surface area contributed by atoms with Gasteiger partial charge >= 0.3 is 0 Å². The highest BCUT2D eigenvalue weighted by Crippen LogP contribution is 2.25. The van der Waals surface area contributed by atoms with Crippen LogP contribution in [0.25, 0.3) is 10.2 Å². The Bertz CT molecular complexity index is 594. The van der Waals surface area contributed by atoms with Crippen molar-refractivity contribution < 1.29 is 4.74 Å². The predicted octanol–water partition coefficient (Wildman–Crippen LogP) is 1.84. The van der Waals surface area contributed by atoms with E-state index in [1.165, 1.54) is 12.8 Å². The lowest BCUT2D eigenvalue weighted by atomic mass is 9.98. The highest BCUT2D eigenvalue weighted by molar-refractivity contribution is 7.16. The number of aromatic nitrogens is 2. The van der Waals surface area contributed by atoms with Crippen LogP contribution in [0.3, 0.4) is 0 Å². The number of hydrazine groups is 1. The minimum atomic E-state index is 0.688. The van der Waals surface area contributed by atoms with Crippen molar-refractivity contribution in [1.29, 1.82) is 0 Å². The number of thiophene rings is 1. The fraction of sp³-hybridized carbons (Fsp3) is 0.571. The van der Waals surface area contributed by atoms with Crippen molar-refractivity contribution >= 4 is 27.4 Å². The molecule has 0 spiro atoms. The molecule has 1 fully saturated rings. The summed E-state index contributed by atoms with van der Waals surface area (Å²) in [6.07, 6.45) is 2.36. The maximum atomic E-state index is 5.57. The van der Waals surface area contributed by atoms with E-state index in [1.54, 1.807) is 18.4 Å². The summed E-state index contributed by atoms with van der Waals surface area (Å²) in [6, 6.07) is 2.00. The molecule has 0 unspecified atom stereocenters. The van der Waals surface area contributed by atoms with Crippen molar-refractivity contribution in [2.75, 3.05) is 32.2 Å². The molecule has 7 heteroatoms. The van der Waals surface area contributed by atoms with Crippen LogP contribution in [0, 0.1) is 5.92 Å². The van der Waals surface area contributed by atoms with Gasteiger partial charge in [0.2, 0.25) is 0 Å². The molecule has 21 heavy (non-hydrogen) atoms. The Hall–Kier alpha value is -1.28. The van der Waals surface area contributed by atoms with Gasteiger partial charge in [-0.2, -0.15) is 0 Å². The number of nitrogens with zero attached hydrogens (tertiary/aromatic N) is 3. The Labute approximate surface area is 128 Å². The Kier molecular flexibility index (Phi) is 4.64. The maximum absolute atomic E-state index is 5.57. The molecule has 114 valence electrons. The number of likely N-dealkylation sites (tertiary alicyclic amines) is 1. The van der Waals surface area contributed by atoms with Gasteiger partial charge in [-0.15, -0.1) is 11.3 Å². The number of hydrogen-bond acceptors (Lipinski definition) is 7. The van der Waals surface area contributed by atoms with E-state index < -0.39 is 0 Å². The summed E-state index contributed by atoms with van der Waals surface area (Å²) in [5.74, 6) is 7.80. The van der Waals surface area contributed by atoms with E-state index in [0.29, 0.717) is 11.7 Å². The van der Waals surface area contributed by atoms with Gasteiger partial charge in [-0.05, 0) is 43.3 Å². The minimum Gasteiger partial charge on any atom is -0.384 e. The van der Waals surface area contributed by atoms with Crippen molar-refractivity contribution in [1.82, 2.24) is 14.9 Å². The molecule has 0 bridgehead atoms.